The number of thiophene rings is 1. The molecular weight excluding hydrogens is 627 g/mol. The molecule has 0 aliphatic carbocycles. The van der Waals surface area contributed by atoms with Gasteiger partial charge in [0.05, 0.1) is 22.1 Å². The molecule has 0 N–H and O–H groups in total. The van der Waals surface area contributed by atoms with Crippen molar-refractivity contribution in [3.8, 4) is 28.2 Å². The van der Waals surface area contributed by atoms with Gasteiger partial charge in [0.15, 0.2) is 5.82 Å². The SMILES string of the molecule is c1ccc(-c2nc3ccccc3nc2-n2c3ccc4ccccc4c3c3c4ccccc4c(-c4ccc5c(c4)sc4ccccc45)cc32)cc1. The standard InChI is InChI=1S/C46H27N3S/c1-2-13-29(14-3-1)45-46(48-38-20-10-9-19-37(38)47-45)49-39-25-23-28-12-4-5-15-31(28)43(39)44-35-18-7-6-16-32(35)36(27-40(44)49)30-22-24-34-33-17-8-11-21-41(33)50-42(34)26-30/h1-27H. The van der Waals surface area contributed by atoms with E-state index >= 15 is 0 Å². The predicted molar refractivity (Wildman–Crippen MR) is 213 cm³/mol. The number of fused-ring (bicyclic) bond motifs is 11. The predicted octanol–water partition coefficient (Wildman–Crippen LogP) is 12.7. The largest absolute Gasteiger partial charge is 0.292 e. The normalized spacial score (nSPS) is 12.0. The van der Waals surface area contributed by atoms with Gasteiger partial charge in [-0.05, 0) is 69.1 Å². The van der Waals surface area contributed by atoms with Crippen molar-refractivity contribution in [3.05, 3.63) is 164 Å². The third kappa shape index (κ3) is 3.97. The summed E-state index contributed by atoms with van der Waals surface area (Å²) in [5.41, 5.74) is 8.28. The molecule has 4 heteroatoms. The van der Waals surface area contributed by atoms with Gasteiger partial charge in [-0.15, -0.1) is 11.3 Å². The molecule has 3 heterocycles. The number of hydrogen-bond acceptors (Lipinski definition) is 3. The Bertz CT molecular complexity index is 3150. The minimum Gasteiger partial charge on any atom is -0.292 e. The molecule has 8 aromatic carbocycles. The maximum atomic E-state index is 5.42. The summed E-state index contributed by atoms with van der Waals surface area (Å²) in [5.74, 6) is 0.825. The van der Waals surface area contributed by atoms with Crippen LogP contribution in [0.4, 0.5) is 0 Å². The topological polar surface area (TPSA) is 30.7 Å². The molecule has 0 radical (unpaired) electrons. The van der Waals surface area contributed by atoms with Crippen molar-refractivity contribution >= 4 is 85.9 Å². The second kappa shape index (κ2) is 10.6. The van der Waals surface area contributed by atoms with Crippen LogP contribution in [0.2, 0.25) is 0 Å². The molecule has 0 aliphatic rings. The fourth-order valence-electron chi connectivity index (χ4n) is 7.94. The maximum Gasteiger partial charge on any atom is 0.165 e. The second-order valence-electron chi connectivity index (χ2n) is 12.9. The fourth-order valence-corrected chi connectivity index (χ4v) is 9.08. The first-order valence-corrected chi connectivity index (χ1v) is 17.7. The average Bonchev–Trinajstić information content (AvgIpc) is 3.73. The van der Waals surface area contributed by atoms with Gasteiger partial charge in [0.1, 0.15) is 5.69 Å². The van der Waals surface area contributed by atoms with E-state index in [0.29, 0.717) is 0 Å². The van der Waals surface area contributed by atoms with Crippen molar-refractivity contribution < 1.29 is 0 Å². The molecule has 0 unspecified atom stereocenters. The minimum absolute atomic E-state index is 0.825. The lowest BCUT2D eigenvalue weighted by Gasteiger charge is -2.15. The third-order valence-electron chi connectivity index (χ3n) is 10.2. The second-order valence-corrected chi connectivity index (χ2v) is 14.0. The van der Waals surface area contributed by atoms with Crippen LogP contribution in [0, 0.1) is 0 Å². The average molecular weight is 654 g/mol. The molecule has 3 aromatic heterocycles. The molecule has 0 atom stereocenters. The van der Waals surface area contributed by atoms with Crippen LogP contribution in [0.25, 0.3) is 103 Å². The maximum absolute atomic E-state index is 5.42. The van der Waals surface area contributed by atoms with Crippen molar-refractivity contribution in [2.75, 3.05) is 0 Å². The van der Waals surface area contributed by atoms with Crippen LogP contribution >= 0.6 is 11.3 Å². The van der Waals surface area contributed by atoms with E-state index in [9.17, 15) is 0 Å². The van der Waals surface area contributed by atoms with Crippen LogP contribution in [0.5, 0.6) is 0 Å². The first-order valence-electron chi connectivity index (χ1n) is 16.9. The Balaban J connectivity index is 1.32. The van der Waals surface area contributed by atoms with Crippen LogP contribution in [-0.2, 0) is 0 Å². The lowest BCUT2D eigenvalue weighted by atomic mass is 9.93. The summed E-state index contributed by atoms with van der Waals surface area (Å²) in [6.45, 7) is 0. The van der Waals surface area contributed by atoms with E-state index < -0.39 is 0 Å². The van der Waals surface area contributed by atoms with Crippen molar-refractivity contribution in [3.63, 3.8) is 0 Å². The van der Waals surface area contributed by atoms with Gasteiger partial charge in [0.25, 0.3) is 0 Å². The fraction of sp³-hybridized carbons (Fsp3) is 0. The summed E-state index contributed by atoms with van der Waals surface area (Å²) in [5, 5.41) is 9.99. The number of nitrogens with zero attached hydrogens (tertiary/aromatic N) is 3. The highest BCUT2D eigenvalue weighted by Crippen LogP contribution is 2.45. The van der Waals surface area contributed by atoms with Gasteiger partial charge in [0.2, 0.25) is 0 Å². The van der Waals surface area contributed by atoms with Crippen LogP contribution in [0.3, 0.4) is 0 Å². The van der Waals surface area contributed by atoms with Crippen molar-refractivity contribution in [1.82, 2.24) is 14.5 Å². The quantitative estimate of drug-likeness (QED) is 0.190. The lowest BCUT2D eigenvalue weighted by molar-refractivity contribution is 1.08. The molecule has 232 valence electrons. The molecule has 3 nitrogen and oxygen atoms in total. The van der Waals surface area contributed by atoms with Crippen LogP contribution < -0.4 is 0 Å². The first kappa shape index (κ1) is 27.6. The molecule has 0 saturated carbocycles. The highest BCUT2D eigenvalue weighted by molar-refractivity contribution is 7.25. The van der Waals surface area contributed by atoms with Crippen LogP contribution in [0.1, 0.15) is 0 Å². The van der Waals surface area contributed by atoms with Crippen LogP contribution in [0.15, 0.2) is 164 Å². The number of benzene rings is 8. The summed E-state index contributed by atoms with van der Waals surface area (Å²) < 4.78 is 4.98. The highest BCUT2D eigenvalue weighted by Gasteiger charge is 2.23. The monoisotopic (exact) mass is 653 g/mol. The van der Waals surface area contributed by atoms with Gasteiger partial charge in [-0.1, -0.05) is 127 Å². The lowest BCUT2D eigenvalue weighted by Crippen LogP contribution is -2.03. The summed E-state index contributed by atoms with van der Waals surface area (Å²) in [6, 6.07) is 58.8. The Labute approximate surface area is 291 Å². The Morgan fingerprint density at radius 1 is 0.420 bits per heavy atom. The Kier molecular flexibility index (Phi) is 5.83. The Morgan fingerprint density at radius 3 is 1.94 bits per heavy atom. The third-order valence-corrected chi connectivity index (χ3v) is 11.3. The molecule has 11 rings (SSSR count). The molecule has 0 bridgehead atoms. The van der Waals surface area contributed by atoms with Gasteiger partial charge in [-0.3, -0.25) is 4.57 Å². The van der Waals surface area contributed by atoms with E-state index in [1.54, 1.807) is 0 Å². The van der Waals surface area contributed by atoms with Crippen LogP contribution in [-0.4, -0.2) is 14.5 Å². The van der Waals surface area contributed by atoms with E-state index in [-0.39, 0.29) is 0 Å². The Morgan fingerprint density at radius 2 is 1.08 bits per heavy atom. The van der Waals surface area contributed by atoms with Gasteiger partial charge in [-0.25, -0.2) is 9.97 Å². The molecule has 0 saturated heterocycles. The van der Waals surface area contributed by atoms with Gasteiger partial charge < -0.3 is 0 Å². The number of aromatic nitrogens is 3. The van der Waals surface area contributed by atoms with Gasteiger partial charge in [-0.2, -0.15) is 0 Å². The smallest absolute Gasteiger partial charge is 0.165 e. The molecule has 0 spiro atoms. The van der Waals surface area contributed by atoms with E-state index in [2.05, 4.69) is 150 Å². The zero-order valence-corrected chi connectivity index (χ0v) is 27.7. The number of rotatable bonds is 3. The van der Waals surface area contributed by atoms with Crippen molar-refractivity contribution in [1.29, 1.82) is 0 Å². The molecule has 50 heavy (non-hydrogen) atoms. The highest BCUT2D eigenvalue weighted by atomic mass is 32.1. The molecular formula is C46H27N3S. The first-order chi connectivity index (χ1) is 24.8. The molecule has 0 amide bonds. The number of hydrogen-bond donors (Lipinski definition) is 0. The summed E-state index contributed by atoms with van der Waals surface area (Å²) in [6.07, 6.45) is 0. The minimum atomic E-state index is 0.825. The summed E-state index contributed by atoms with van der Waals surface area (Å²) in [4.78, 5) is 10.7. The number of para-hydroxylation sites is 2. The molecule has 11 aromatic rings. The van der Waals surface area contributed by atoms with Gasteiger partial charge in [0, 0.05) is 36.5 Å². The van der Waals surface area contributed by atoms with E-state index in [1.165, 1.54) is 63.6 Å². The van der Waals surface area contributed by atoms with Crippen molar-refractivity contribution in [2.24, 2.45) is 0 Å². The molecule has 0 aliphatic heterocycles. The summed E-state index contributed by atoms with van der Waals surface area (Å²) in [7, 11) is 0. The van der Waals surface area contributed by atoms with E-state index in [0.717, 1.165) is 39.1 Å². The van der Waals surface area contributed by atoms with Crippen molar-refractivity contribution in [2.45, 2.75) is 0 Å². The van der Waals surface area contributed by atoms with E-state index in [1.807, 2.05) is 29.5 Å². The zero-order chi connectivity index (χ0) is 32.8. The van der Waals surface area contributed by atoms with Gasteiger partial charge >= 0.3 is 0 Å². The van der Waals surface area contributed by atoms with E-state index in [4.69, 9.17) is 9.97 Å². The molecule has 0 fully saturated rings. The Hall–Kier alpha value is -6.36. The zero-order valence-electron chi connectivity index (χ0n) is 26.8. The summed E-state index contributed by atoms with van der Waals surface area (Å²) >= 11 is 1.86.